The van der Waals surface area contributed by atoms with E-state index in [1.807, 2.05) is 6.08 Å². The second-order valence-electron chi connectivity index (χ2n) is 5.62. The van der Waals surface area contributed by atoms with E-state index in [9.17, 15) is 4.79 Å². The minimum absolute atomic E-state index is 0.203. The van der Waals surface area contributed by atoms with E-state index in [4.69, 9.17) is 4.98 Å². The second kappa shape index (κ2) is 5.06. The Bertz CT molecular complexity index is 718. The van der Waals surface area contributed by atoms with Crippen molar-refractivity contribution in [1.29, 1.82) is 0 Å². The molecule has 0 amide bonds. The molecule has 0 fully saturated rings. The van der Waals surface area contributed by atoms with E-state index in [1.54, 1.807) is 11.8 Å². The maximum absolute atomic E-state index is 11.3. The Hall–Kier alpha value is -1.61. The topological polar surface area (TPSA) is 30.0 Å². The highest BCUT2D eigenvalue weighted by Gasteiger charge is 2.25. The summed E-state index contributed by atoms with van der Waals surface area (Å²) in [4.78, 5) is 16.1. The van der Waals surface area contributed by atoms with E-state index in [0.29, 0.717) is 5.92 Å². The number of thioether (sulfide) groups is 1. The Morgan fingerprint density at radius 1 is 1.30 bits per heavy atom. The third kappa shape index (κ3) is 2.27. The Labute approximate surface area is 123 Å². The maximum Gasteiger partial charge on any atom is 0.147 e. The van der Waals surface area contributed by atoms with Gasteiger partial charge < -0.3 is 0 Å². The van der Waals surface area contributed by atoms with Gasteiger partial charge in [0.1, 0.15) is 11.3 Å². The van der Waals surface area contributed by atoms with Crippen LogP contribution in [0.1, 0.15) is 25.0 Å². The molecule has 0 saturated carbocycles. The van der Waals surface area contributed by atoms with Crippen LogP contribution in [0.5, 0.6) is 0 Å². The number of benzene rings is 1. The smallest absolute Gasteiger partial charge is 0.147 e. The van der Waals surface area contributed by atoms with Gasteiger partial charge in [0, 0.05) is 21.8 Å². The van der Waals surface area contributed by atoms with Crippen LogP contribution in [0.4, 0.5) is 0 Å². The molecule has 102 valence electrons. The first-order valence-corrected chi connectivity index (χ1v) is 7.71. The normalized spacial score (nSPS) is 18.0. The lowest BCUT2D eigenvalue weighted by Crippen LogP contribution is -2.18. The number of carbonyl (C=O) groups excluding carboxylic acids is 1. The number of rotatable bonds is 2. The molecule has 20 heavy (non-hydrogen) atoms. The Morgan fingerprint density at radius 2 is 2.10 bits per heavy atom. The molecule has 1 atom stereocenters. The van der Waals surface area contributed by atoms with Crippen LogP contribution in [-0.4, -0.2) is 16.5 Å². The molecule has 2 nitrogen and oxygen atoms in total. The van der Waals surface area contributed by atoms with Crippen molar-refractivity contribution >= 4 is 35.0 Å². The Balaban J connectivity index is 2.17. The van der Waals surface area contributed by atoms with Crippen LogP contribution in [0.2, 0.25) is 0 Å². The van der Waals surface area contributed by atoms with Gasteiger partial charge in [0.2, 0.25) is 0 Å². The molecule has 0 saturated heterocycles. The summed E-state index contributed by atoms with van der Waals surface area (Å²) in [6, 6.07) is 8.42. The fourth-order valence-electron chi connectivity index (χ4n) is 2.55. The molecule has 1 aromatic heterocycles. The van der Waals surface area contributed by atoms with Crippen LogP contribution in [0, 0.1) is 12.8 Å². The average molecular weight is 283 g/mol. The summed E-state index contributed by atoms with van der Waals surface area (Å²) in [6.07, 6.45) is 2.98. The van der Waals surface area contributed by atoms with Crippen LogP contribution in [-0.2, 0) is 4.79 Å². The van der Waals surface area contributed by atoms with Gasteiger partial charge >= 0.3 is 0 Å². The first kappa shape index (κ1) is 13.4. The molecule has 1 aromatic carbocycles. The van der Waals surface area contributed by atoms with Crippen molar-refractivity contribution in [2.75, 3.05) is 0 Å². The number of hydrogen-bond donors (Lipinski definition) is 0. The predicted octanol–water partition coefficient (Wildman–Crippen LogP) is 4.26. The lowest BCUT2D eigenvalue weighted by atomic mass is 10.00. The third-order valence-electron chi connectivity index (χ3n) is 3.60. The second-order valence-corrected chi connectivity index (χ2v) is 6.75. The Morgan fingerprint density at radius 3 is 2.80 bits per heavy atom. The van der Waals surface area contributed by atoms with Crippen LogP contribution in [0.3, 0.4) is 0 Å². The van der Waals surface area contributed by atoms with Gasteiger partial charge in [-0.3, -0.25) is 4.79 Å². The maximum atomic E-state index is 11.3. The first-order chi connectivity index (χ1) is 9.58. The summed E-state index contributed by atoms with van der Waals surface area (Å²) < 4.78 is 0. The van der Waals surface area contributed by atoms with Crippen LogP contribution < -0.4 is 0 Å². The molecule has 0 unspecified atom stereocenters. The van der Waals surface area contributed by atoms with Gasteiger partial charge in [-0.25, -0.2) is 4.98 Å². The highest BCUT2D eigenvalue weighted by Crippen LogP contribution is 2.40. The fraction of sp³-hybridized carbons (Fsp3) is 0.294. The molecule has 0 radical (unpaired) electrons. The van der Waals surface area contributed by atoms with Crippen molar-refractivity contribution < 1.29 is 4.79 Å². The highest BCUT2D eigenvalue weighted by molar-refractivity contribution is 8.00. The van der Waals surface area contributed by atoms with Crippen LogP contribution in [0.15, 0.2) is 34.9 Å². The van der Waals surface area contributed by atoms with Gasteiger partial charge in [-0.05, 0) is 36.6 Å². The fourth-order valence-corrected chi connectivity index (χ4v) is 3.72. The monoisotopic (exact) mass is 283 g/mol. The van der Waals surface area contributed by atoms with Gasteiger partial charge in [-0.15, -0.1) is 0 Å². The number of aromatic nitrogens is 1. The zero-order valence-corrected chi connectivity index (χ0v) is 12.7. The van der Waals surface area contributed by atoms with Gasteiger partial charge in [-0.2, -0.15) is 0 Å². The number of fused-ring (bicyclic) bond motifs is 2. The minimum Gasteiger partial charge on any atom is -0.298 e. The Kier molecular flexibility index (Phi) is 3.38. The molecular formula is C17H17NOS. The quantitative estimate of drug-likeness (QED) is 0.772. The molecular weight excluding hydrogens is 266 g/mol. The molecule has 0 bridgehead atoms. The molecule has 2 heterocycles. The van der Waals surface area contributed by atoms with E-state index in [0.717, 1.165) is 33.4 Å². The number of nitrogens with zero attached hydrogens (tertiary/aromatic N) is 1. The highest BCUT2D eigenvalue weighted by atomic mass is 32.2. The van der Waals surface area contributed by atoms with Gasteiger partial charge in [0.05, 0.1) is 5.52 Å². The predicted molar refractivity (Wildman–Crippen MR) is 85.0 cm³/mol. The zero-order valence-electron chi connectivity index (χ0n) is 11.9. The zero-order chi connectivity index (χ0) is 14.3. The summed E-state index contributed by atoms with van der Waals surface area (Å²) in [6.45, 7) is 6.37. The molecule has 1 aliphatic rings. The lowest BCUT2D eigenvalue weighted by molar-refractivity contribution is -0.105. The summed E-state index contributed by atoms with van der Waals surface area (Å²) in [5.74, 6) is 0.416. The summed E-state index contributed by atoms with van der Waals surface area (Å²) in [7, 11) is 0. The van der Waals surface area contributed by atoms with E-state index >= 15 is 0 Å². The molecule has 1 aliphatic heterocycles. The standard InChI is InChI=1S/C17H17NOS/c1-10(2)16-14(9-19)8-13-7-12-5-4-11(3)6-15(12)18-17(13)20-16/h4-10,16H,1-3H3/t16-/m1/s1. The summed E-state index contributed by atoms with van der Waals surface area (Å²) in [5.41, 5.74) is 4.17. The number of hydrogen-bond acceptors (Lipinski definition) is 3. The average Bonchev–Trinajstić information content (AvgIpc) is 2.43. The van der Waals surface area contributed by atoms with Gasteiger partial charge in [0.15, 0.2) is 0 Å². The summed E-state index contributed by atoms with van der Waals surface area (Å²) in [5, 5.41) is 2.36. The van der Waals surface area contributed by atoms with E-state index in [1.165, 1.54) is 5.56 Å². The van der Waals surface area contributed by atoms with Crippen molar-refractivity contribution in [3.05, 3.63) is 41.0 Å². The minimum atomic E-state index is 0.203. The number of pyridine rings is 1. The van der Waals surface area contributed by atoms with Gasteiger partial charge in [0.25, 0.3) is 0 Å². The molecule has 3 heteroatoms. The number of carbonyl (C=O) groups is 1. The first-order valence-electron chi connectivity index (χ1n) is 6.83. The van der Waals surface area contributed by atoms with E-state index in [2.05, 4.69) is 45.0 Å². The van der Waals surface area contributed by atoms with Crippen molar-refractivity contribution in [3.63, 3.8) is 0 Å². The van der Waals surface area contributed by atoms with Crippen molar-refractivity contribution in [3.8, 4) is 0 Å². The number of aryl methyl sites for hydroxylation is 1. The van der Waals surface area contributed by atoms with Crippen LogP contribution >= 0.6 is 11.8 Å². The number of aldehydes is 1. The van der Waals surface area contributed by atoms with Crippen LogP contribution in [0.25, 0.3) is 17.0 Å². The summed E-state index contributed by atoms with van der Waals surface area (Å²) >= 11 is 1.71. The van der Waals surface area contributed by atoms with Gasteiger partial charge in [-0.1, -0.05) is 37.7 Å². The lowest BCUT2D eigenvalue weighted by Gasteiger charge is -2.25. The SMILES string of the molecule is Cc1ccc2cc3c(nc2c1)S[C@H](C(C)C)C(C=O)=C3. The van der Waals surface area contributed by atoms with E-state index in [-0.39, 0.29) is 5.25 Å². The molecule has 0 aliphatic carbocycles. The third-order valence-corrected chi connectivity index (χ3v) is 5.22. The molecule has 3 rings (SSSR count). The van der Waals surface area contributed by atoms with E-state index < -0.39 is 0 Å². The van der Waals surface area contributed by atoms with Crippen molar-refractivity contribution in [1.82, 2.24) is 4.98 Å². The van der Waals surface area contributed by atoms with Crippen molar-refractivity contribution in [2.24, 2.45) is 5.92 Å². The molecule has 0 spiro atoms. The molecule has 2 aromatic rings. The largest absolute Gasteiger partial charge is 0.298 e. The van der Waals surface area contributed by atoms with Crippen molar-refractivity contribution in [2.45, 2.75) is 31.0 Å². The molecule has 0 N–H and O–H groups in total.